The Morgan fingerprint density at radius 2 is 1.95 bits per heavy atom. The number of amides is 1. The van der Waals surface area contributed by atoms with Gasteiger partial charge in [0.25, 0.3) is 0 Å². The van der Waals surface area contributed by atoms with Gasteiger partial charge < -0.3 is 15.1 Å². The molecule has 1 unspecified atom stereocenters. The van der Waals surface area contributed by atoms with E-state index < -0.39 is 0 Å². The fourth-order valence-electron chi connectivity index (χ4n) is 2.07. The number of likely N-dealkylation sites (tertiary alicyclic amines) is 1. The second-order valence-electron chi connectivity index (χ2n) is 5.02. The van der Waals surface area contributed by atoms with E-state index in [0.29, 0.717) is 11.9 Å². The summed E-state index contributed by atoms with van der Waals surface area (Å²) in [5, 5.41) is 3.09. The van der Waals surface area contributed by atoms with E-state index in [2.05, 4.69) is 20.3 Å². The van der Waals surface area contributed by atoms with E-state index in [4.69, 9.17) is 11.6 Å². The monoisotopic (exact) mass is 298 g/mol. The highest BCUT2D eigenvalue weighted by Gasteiger charge is 2.23. The molecule has 7 nitrogen and oxygen atoms in total. The van der Waals surface area contributed by atoms with Gasteiger partial charge in [0.1, 0.15) is 6.04 Å². The Hall–Kier alpha value is -1.63. The average Bonchev–Trinajstić information content (AvgIpc) is 2.90. The highest BCUT2D eigenvalue weighted by atomic mass is 35.5. The second kappa shape index (κ2) is 6.21. The van der Waals surface area contributed by atoms with Gasteiger partial charge in [0.2, 0.25) is 23.1 Å². The van der Waals surface area contributed by atoms with Crippen LogP contribution in [0.5, 0.6) is 0 Å². The highest BCUT2D eigenvalue weighted by molar-refractivity contribution is 6.28. The summed E-state index contributed by atoms with van der Waals surface area (Å²) in [7, 11) is 3.63. The molecule has 0 bridgehead atoms. The number of hydrogen-bond donors (Lipinski definition) is 1. The lowest BCUT2D eigenvalue weighted by Crippen LogP contribution is -2.40. The van der Waals surface area contributed by atoms with E-state index in [1.54, 1.807) is 11.8 Å². The molecule has 8 heteroatoms. The summed E-state index contributed by atoms with van der Waals surface area (Å²) in [6.45, 7) is 3.45. The SMILES string of the molecule is CC(Nc1nc(Cl)nc(N(C)C)n1)C(=O)N1CCCC1. The molecule has 0 radical (unpaired) electrons. The molecular weight excluding hydrogens is 280 g/mol. The predicted molar refractivity (Wildman–Crippen MR) is 78.1 cm³/mol. The number of carbonyl (C=O) groups excluding carboxylic acids is 1. The number of anilines is 2. The minimum Gasteiger partial charge on any atom is -0.347 e. The van der Waals surface area contributed by atoms with Crippen molar-refractivity contribution in [1.82, 2.24) is 19.9 Å². The minimum atomic E-state index is -0.387. The summed E-state index contributed by atoms with van der Waals surface area (Å²) in [4.78, 5) is 28.0. The minimum absolute atomic E-state index is 0.0606. The summed E-state index contributed by atoms with van der Waals surface area (Å²) in [5.41, 5.74) is 0. The number of carbonyl (C=O) groups is 1. The summed E-state index contributed by atoms with van der Waals surface area (Å²) in [5.74, 6) is 0.826. The number of halogens is 1. The highest BCUT2D eigenvalue weighted by Crippen LogP contribution is 2.14. The van der Waals surface area contributed by atoms with Gasteiger partial charge >= 0.3 is 0 Å². The van der Waals surface area contributed by atoms with Crippen LogP contribution in [0.2, 0.25) is 5.28 Å². The van der Waals surface area contributed by atoms with Gasteiger partial charge in [0.05, 0.1) is 0 Å². The number of nitrogens with one attached hydrogen (secondary N) is 1. The van der Waals surface area contributed by atoms with E-state index in [0.717, 1.165) is 25.9 Å². The molecule has 20 heavy (non-hydrogen) atoms. The Kier molecular flexibility index (Phi) is 4.59. The molecular formula is C12H19ClN6O. The van der Waals surface area contributed by atoms with Crippen molar-refractivity contribution in [3.05, 3.63) is 5.28 Å². The zero-order chi connectivity index (χ0) is 14.7. The summed E-state index contributed by atoms with van der Waals surface area (Å²) in [6, 6.07) is -0.387. The normalized spacial score (nSPS) is 16.1. The van der Waals surface area contributed by atoms with E-state index in [-0.39, 0.29) is 17.2 Å². The number of rotatable bonds is 4. The van der Waals surface area contributed by atoms with Gasteiger partial charge in [-0.25, -0.2) is 0 Å². The molecule has 1 amide bonds. The maximum atomic E-state index is 12.2. The van der Waals surface area contributed by atoms with E-state index in [1.807, 2.05) is 19.0 Å². The molecule has 110 valence electrons. The quantitative estimate of drug-likeness (QED) is 0.894. The van der Waals surface area contributed by atoms with Crippen LogP contribution in [0.15, 0.2) is 0 Å². The maximum Gasteiger partial charge on any atom is 0.244 e. The first-order valence-electron chi connectivity index (χ1n) is 6.61. The Morgan fingerprint density at radius 3 is 2.55 bits per heavy atom. The van der Waals surface area contributed by atoms with Crippen LogP contribution in [0.1, 0.15) is 19.8 Å². The molecule has 1 saturated heterocycles. The molecule has 1 aliphatic heterocycles. The molecule has 1 atom stereocenters. The smallest absolute Gasteiger partial charge is 0.244 e. The first kappa shape index (κ1) is 14.8. The zero-order valence-electron chi connectivity index (χ0n) is 11.9. The first-order chi connectivity index (χ1) is 9.47. The van der Waals surface area contributed by atoms with Crippen LogP contribution in [-0.4, -0.2) is 59.0 Å². The van der Waals surface area contributed by atoms with Crippen LogP contribution in [0.3, 0.4) is 0 Å². The van der Waals surface area contributed by atoms with Crippen molar-refractivity contribution in [2.24, 2.45) is 0 Å². The third-order valence-electron chi connectivity index (χ3n) is 3.13. The topological polar surface area (TPSA) is 74.2 Å². The van der Waals surface area contributed by atoms with E-state index >= 15 is 0 Å². The van der Waals surface area contributed by atoms with Crippen LogP contribution in [0.4, 0.5) is 11.9 Å². The number of hydrogen-bond acceptors (Lipinski definition) is 6. The zero-order valence-corrected chi connectivity index (χ0v) is 12.7. The van der Waals surface area contributed by atoms with Crippen molar-refractivity contribution in [1.29, 1.82) is 0 Å². The molecule has 1 aliphatic rings. The third kappa shape index (κ3) is 3.47. The fraction of sp³-hybridized carbons (Fsp3) is 0.667. The molecule has 0 aromatic carbocycles. The molecule has 1 N–H and O–H groups in total. The summed E-state index contributed by atoms with van der Waals surface area (Å²) >= 11 is 5.86. The van der Waals surface area contributed by atoms with Crippen molar-refractivity contribution < 1.29 is 4.79 Å². The summed E-state index contributed by atoms with van der Waals surface area (Å²) < 4.78 is 0. The van der Waals surface area contributed by atoms with Gasteiger partial charge in [0.15, 0.2) is 0 Å². The van der Waals surface area contributed by atoms with E-state index in [9.17, 15) is 4.79 Å². The average molecular weight is 299 g/mol. The molecule has 0 saturated carbocycles. The van der Waals surface area contributed by atoms with Gasteiger partial charge in [-0.05, 0) is 31.4 Å². The molecule has 2 heterocycles. The standard InChI is InChI=1S/C12H19ClN6O/c1-8(9(20)19-6-4-5-7-19)14-11-15-10(13)16-12(17-11)18(2)3/h8H,4-7H2,1-3H3,(H,14,15,16,17). The molecule has 0 spiro atoms. The molecule has 2 rings (SSSR count). The molecule has 1 aromatic rings. The van der Waals surface area contributed by atoms with Crippen molar-refractivity contribution >= 4 is 29.4 Å². The van der Waals surface area contributed by atoms with Crippen LogP contribution >= 0.6 is 11.6 Å². The molecule has 1 fully saturated rings. The Bertz CT molecular complexity index is 489. The van der Waals surface area contributed by atoms with Crippen LogP contribution in [0, 0.1) is 0 Å². The lowest BCUT2D eigenvalue weighted by Gasteiger charge is -2.21. The van der Waals surface area contributed by atoms with Crippen molar-refractivity contribution in [3.63, 3.8) is 0 Å². The summed E-state index contributed by atoms with van der Waals surface area (Å²) in [6.07, 6.45) is 2.14. The van der Waals surface area contributed by atoms with Gasteiger partial charge in [-0.3, -0.25) is 4.79 Å². The largest absolute Gasteiger partial charge is 0.347 e. The van der Waals surface area contributed by atoms with Crippen LogP contribution in [-0.2, 0) is 4.79 Å². The van der Waals surface area contributed by atoms with Gasteiger partial charge in [-0.1, -0.05) is 0 Å². The van der Waals surface area contributed by atoms with Gasteiger partial charge in [-0.15, -0.1) is 0 Å². The maximum absolute atomic E-state index is 12.2. The Morgan fingerprint density at radius 1 is 1.30 bits per heavy atom. The Balaban J connectivity index is 2.06. The van der Waals surface area contributed by atoms with Crippen molar-refractivity contribution in [3.8, 4) is 0 Å². The predicted octanol–water partition coefficient (Wildman–Crippen LogP) is 1.01. The van der Waals surface area contributed by atoms with Crippen molar-refractivity contribution in [2.45, 2.75) is 25.8 Å². The van der Waals surface area contributed by atoms with Gasteiger partial charge in [0, 0.05) is 27.2 Å². The second-order valence-corrected chi connectivity index (χ2v) is 5.36. The molecule has 1 aromatic heterocycles. The third-order valence-corrected chi connectivity index (χ3v) is 3.30. The number of nitrogens with zero attached hydrogens (tertiary/aromatic N) is 5. The lowest BCUT2D eigenvalue weighted by molar-refractivity contribution is -0.130. The van der Waals surface area contributed by atoms with E-state index in [1.165, 1.54) is 0 Å². The first-order valence-corrected chi connectivity index (χ1v) is 6.99. The van der Waals surface area contributed by atoms with Crippen LogP contribution < -0.4 is 10.2 Å². The fourth-order valence-corrected chi connectivity index (χ4v) is 2.23. The molecule has 0 aliphatic carbocycles. The number of aromatic nitrogens is 3. The van der Waals surface area contributed by atoms with Crippen LogP contribution in [0.25, 0.3) is 0 Å². The van der Waals surface area contributed by atoms with Gasteiger partial charge in [-0.2, -0.15) is 15.0 Å². The Labute approximate surface area is 123 Å². The lowest BCUT2D eigenvalue weighted by atomic mass is 10.3. The van der Waals surface area contributed by atoms with Crippen molar-refractivity contribution in [2.75, 3.05) is 37.4 Å².